The van der Waals surface area contributed by atoms with Gasteiger partial charge in [0.1, 0.15) is 22.9 Å². The van der Waals surface area contributed by atoms with E-state index in [-0.39, 0.29) is 0 Å². The number of hydrogen-bond acceptors (Lipinski definition) is 3. The third-order valence-corrected chi connectivity index (χ3v) is 3.32. The van der Waals surface area contributed by atoms with Gasteiger partial charge in [-0.3, -0.25) is 4.40 Å². The number of ether oxygens (including phenoxy) is 1. The van der Waals surface area contributed by atoms with Gasteiger partial charge in [0.15, 0.2) is 0 Å². The highest BCUT2D eigenvalue weighted by Gasteiger charge is 2.14. The van der Waals surface area contributed by atoms with E-state index in [2.05, 4.69) is 23.6 Å². The maximum atomic E-state index is 5.22. The second-order valence-electron chi connectivity index (χ2n) is 5.27. The molecule has 0 bridgehead atoms. The summed E-state index contributed by atoms with van der Waals surface area (Å²) in [4.78, 5) is 4.75. The molecule has 2 aromatic heterocycles. The van der Waals surface area contributed by atoms with Crippen LogP contribution in [0, 0.1) is 0 Å². The molecule has 0 amide bonds. The van der Waals surface area contributed by atoms with Crippen LogP contribution in [0.5, 0.6) is 5.75 Å². The molecular formula is C17H19N3O. The van der Waals surface area contributed by atoms with Crippen LogP contribution in [0.15, 0.2) is 48.7 Å². The summed E-state index contributed by atoms with van der Waals surface area (Å²) in [5.41, 5.74) is 2.96. The van der Waals surface area contributed by atoms with Crippen molar-refractivity contribution in [3.8, 4) is 17.0 Å². The fourth-order valence-corrected chi connectivity index (χ4v) is 2.36. The van der Waals surface area contributed by atoms with Crippen molar-refractivity contribution >= 4 is 11.5 Å². The van der Waals surface area contributed by atoms with Crippen molar-refractivity contribution in [2.24, 2.45) is 0 Å². The van der Waals surface area contributed by atoms with Crippen LogP contribution in [-0.2, 0) is 0 Å². The van der Waals surface area contributed by atoms with Crippen molar-refractivity contribution in [2.75, 3.05) is 12.4 Å². The zero-order valence-corrected chi connectivity index (χ0v) is 12.5. The van der Waals surface area contributed by atoms with Gasteiger partial charge in [-0.15, -0.1) is 0 Å². The Morgan fingerprint density at radius 2 is 1.86 bits per heavy atom. The van der Waals surface area contributed by atoms with E-state index < -0.39 is 0 Å². The molecule has 4 nitrogen and oxygen atoms in total. The topological polar surface area (TPSA) is 38.6 Å². The number of nitrogens with one attached hydrogen (secondary N) is 1. The standard InChI is InChI=1S/C17H19N3O/c1-12(2)18-17-16(13-7-9-14(21-3)10-8-13)19-15-6-4-5-11-20(15)17/h4-12,18H,1-3H3. The van der Waals surface area contributed by atoms with Gasteiger partial charge >= 0.3 is 0 Å². The molecule has 2 heterocycles. The van der Waals surface area contributed by atoms with Crippen LogP contribution < -0.4 is 10.1 Å². The predicted molar refractivity (Wildman–Crippen MR) is 85.9 cm³/mol. The second kappa shape index (κ2) is 5.48. The van der Waals surface area contributed by atoms with E-state index in [1.165, 1.54) is 0 Å². The molecule has 0 unspecified atom stereocenters. The highest BCUT2D eigenvalue weighted by Crippen LogP contribution is 2.30. The van der Waals surface area contributed by atoms with Crippen LogP contribution in [0.2, 0.25) is 0 Å². The summed E-state index contributed by atoms with van der Waals surface area (Å²) < 4.78 is 7.30. The molecule has 108 valence electrons. The zero-order chi connectivity index (χ0) is 14.8. The van der Waals surface area contributed by atoms with Gasteiger partial charge in [0.2, 0.25) is 0 Å². The van der Waals surface area contributed by atoms with Crippen LogP contribution in [0.1, 0.15) is 13.8 Å². The van der Waals surface area contributed by atoms with Gasteiger partial charge in [-0.2, -0.15) is 0 Å². The molecule has 0 fully saturated rings. The number of benzene rings is 1. The van der Waals surface area contributed by atoms with Gasteiger partial charge in [-0.25, -0.2) is 4.98 Å². The van der Waals surface area contributed by atoms with Gasteiger partial charge < -0.3 is 10.1 Å². The average Bonchev–Trinajstić information content (AvgIpc) is 2.86. The van der Waals surface area contributed by atoms with Crippen molar-refractivity contribution < 1.29 is 4.74 Å². The molecule has 0 aliphatic carbocycles. The molecule has 3 aromatic rings. The number of imidazole rings is 1. The second-order valence-corrected chi connectivity index (χ2v) is 5.27. The summed E-state index contributed by atoms with van der Waals surface area (Å²) in [6, 6.07) is 14.3. The van der Waals surface area contributed by atoms with Crippen molar-refractivity contribution in [3.05, 3.63) is 48.7 Å². The summed E-state index contributed by atoms with van der Waals surface area (Å²) in [6.07, 6.45) is 2.03. The molecule has 0 aliphatic heterocycles. The van der Waals surface area contributed by atoms with E-state index in [9.17, 15) is 0 Å². The Labute approximate surface area is 124 Å². The number of methoxy groups -OCH3 is 1. The average molecular weight is 281 g/mol. The summed E-state index contributed by atoms with van der Waals surface area (Å²) >= 11 is 0. The number of anilines is 1. The van der Waals surface area contributed by atoms with E-state index in [4.69, 9.17) is 9.72 Å². The number of hydrogen-bond donors (Lipinski definition) is 1. The van der Waals surface area contributed by atoms with Crippen LogP contribution in [0.25, 0.3) is 16.9 Å². The molecule has 1 N–H and O–H groups in total. The van der Waals surface area contributed by atoms with Crippen LogP contribution in [-0.4, -0.2) is 22.5 Å². The van der Waals surface area contributed by atoms with Crippen molar-refractivity contribution in [2.45, 2.75) is 19.9 Å². The van der Waals surface area contributed by atoms with Gasteiger partial charge in [-0.1, -0.05) is 6.07 Å². The minimum atomic E-state index is 0.335. The molecule has 21 heavy (non-hydrogen) atoms. The molecule has 0 radical (unpaired) electrons. The summed E-state index contributed by atoms with van der Waals surface area (Å²) in [7, 11) is 1.67. The molecule has 1 aromatic carbocycles. The lowest BCUT2D eigenvalue weighted by atomic mass is 10.1. The molecule has 0 spiro atoms. The normalized spacial score (nSPS) is 11.0. The predicted octanol–water partition coefficient (Wildman–Crippen LogP) is 3.83. The largest absolute Gasteiger partial charge is 0.497 e. The van der Waals surface area contributed by atoms with Gasteiger partial charge in [0.25, 0.3) is 0 Å². The third-order valence-electron chi connectivity index (χ3n) is 3.32. The molecule has 0 aliphatic rings. The molecule has 0 saturated carbocycles. The number of aromatic nitrogens is 2. The third kappa shape index (κ3) is 2.57. The first kappa shape index (κ1) is 13.5. The Bertz CT molecular complexity index is 744. The Morgan fingerprint density at radius 3 is 2.52 bits per heavy atom. The van der Waals surface area contributed by atoms with E-state index in [1.807, 2.05) is 48.7 Å². The summed E-state index contributed by atoms with van der Waals surface area (Å²) in [6.45, 7) is 4.25. The quantitative estimate of drug-likeness (QED) is 0.790. The number of nitrogens with zero attached hydrogens (tertiary/aromatic N) is 2. The minimum Gasteiger partial charge on any atom is -0.497 e. The first-order valence-corrected chi connectivity index (χ1v) is 7.07. The van der Waals surface area contributed by atoms with Crippen molar-refractivity contribution in [3.63, 3.8) is 0 Å². The summed E-state index contributed by atoms with van der Waals surface area (Å²) in [5, 5.41) is 3.49. The Hall–Kier alpha value is -2.49. The van der Waals surface area contributed by atoms with E-state index in [1.54, 1.807) is 7.11 Å². The summed E-state index contributed by atoms with van der Waals surface area (Å²) in [5.74, 6) is 1.87. The highest BCUT2D eigenvalue weighted by atomic mass is 16.5. The van der Waals surface area contributed by atoms with Crippen molar-refractivity contribution in [1.29, 1.82) is 0 Å². The molecule has 0 atom stereocenters. The van der Waals surface area contributed by atoms with Crippen LogP contribution >= 0.6 is 0 Å². The maximum absolute atomic E-state index is 5.22. The van der Waals surface area contributed by atoms with Crippen LogP contribution in [0.3, 0.4) is 0 Å². The lowest BCUT2D eigenvalue weighted by Gasteiger charge is -2.12. The minimum absolute atomic E-state index is 0.335. The van der Waals surface area contributed by atoms with E-state index in [0.717, 1.165) is 28.5 Å². The van der Waals surface area contributed by atoms with Crippen LogP contribution in [0.4, 0.5) is 5.82 Å². The molecule has 4 heteroatoms. The Balaban J connectivity index is 2.15. The first-order valence-electron chi connectivity index (χ1n) is 7.07. The molecular weight excluding hydrogens is 262 g/mol. The van der Waals surface area contributed by atoms with Gasteiger partial charge in [-0.05, 0) is 50.2 Å². The number of fused-ring (bicyclic) bond motifs is 1. The molecule has 0 saturated heterocycles. The lowest BCUT2D eigenvalue weighted by Crippen LogP contribution is -2.12. The SMILES string of the molecule is COc1ccc(-c2nc3ccccn3c2NC(C)C)cc1. The van der Waals surface area contributed by atoms with E-state index >= 15 is 0 Å². The fourth-order valence-electron chi connectivity index (χ4n) is 2.36. The lowest BCUT2D eigenvalue weighted by molar-refractivity contribution is 0.415. The first-order chi connectivity index (χ1) is 10.2. The molecule has 3 rings (SSSR count). The number of pyridine rings is 1. The number of rotatable bonds is 4. The Morgan fingerprint density at radius 1 is 1.10 bits per heavy atom. The zero-order valence-electron chi connectivity index (χ0n) is 12.5. The highest BCUT2D eigenvalue weighted by molar-refractivity contribution is 5.76. The maximum Gasteiger partial charge on any atom is 0.139 e. The monoisotopic (exact) mass is 281 g/mol. The van der Waals surface area contributed by atoms with Crippen molar-refractivity contribution in [1.82, 2.24) is 9.38 Å². The fraction of sp³-hybridized carbons (Fsp3) is 0.235. The smallest absolute Gasteiger partial charge is 0.139 e. The Kier molecular flexibility index (Phi) is 3.52. The van der Waals surface area contributed by atoms with E-state index in [0.29, 0.717) is 6.04 Å². The van der Waals surface area contributed by atoms with Gasteiger partial charge in [0.05, 0.1) is 7.11 Å². The van der Waals surface area contributed by atoms with Gasteiger partial charge in [0, 0.05) is 17.8 Å².